The smallest absolute Gasteiger partial charge is 0.318 e. The van der Waals surface area contributed by atoms with Crippen LogP contribution in [0.2, 0.25) is 0 Å². The Hall–Kier alpha value is -2.28. The van der Waals surface area contributed by atoms with Crippen LogP contribution >= 0.6 is 11.8 Å². The lowest BCUT2D eigenvalue weighted by Gasteiger charge is -2.09. The molecule has 0 atom stereocenters. The number of imide groups is 1. The first-order valence-electron chi connectivity index (χ1n) is 6.80. The van der Waals surface area contributed by atoms with E-state index in [1.165, 1.54) is 22.9 Å². The Morgan fingerprint density at radius 2 is 1.95 bits per heavy atom. The van der Waals surface area contributed by atoms with E-state index in [1.54, 1.807) is 6.20 Å². The Morgan fingerprint density at radius 3 is 2.59 bits per heavy atom. The van der Waals surface area contributed by atoms with Crippen LogP contribution in [0.25, 0.3) is 5.69 Å². The molecule has 0 aliphatic heterocycles. The molecular formula is C15H18N4O2S. The molecule has 6 nitrogen and oxygen atoms in total. The van der Waals surface area contributed by atoms with E-state index >= 15 is 0 Å². The number of nitrogens with one attached hydrogen (secondary N) is 1. The molecule has 0 aliphatic carbocycles. The third-order valence-electron chi connectivity index (χ3n) is 2.91. The number of carbonyl (C=O) groups is 2. The number of rotatable bonds is 5. The Bertz CT molecular complexity index is 676. The highest BCUT2D eigenvalue weighted by Crippen LogP contribution is 2.22. The fourth-order valence-corrected chi connectivity index (χ4v) is 3.03. The second kappa shape index (κ2) is 7.13. The fourth-order valence-electron chi connectivity index (χ4n) is 2.12. The quantitative estimate of drug-likeness (QED) is 0.827. The normalized spacial score (nSPS) is 10.5. The SMILES string of the molecule is Cc1cc(C)cc(-n2ccnc2SCCC(=O)NC(N)=O)c1. The van der Waals surface area contributed by atoms with Crippen molar-refractivity contribution in [1.82, 2.24) is 14.9 Å². The predicted molar refractivity (Wildman–Crippen MR) is 86.1 cm³/mol. The molecule has 1 heterocycles. The molecular weight excluding hydrogens is 300 g/mol. The Balaban J connectivity index is 2.04. The van der Waals surface area contributed by atoms with E-state index in [-0.39, 0.29) is 12.3 Å². The van der Waals surface area contributed by atoms with Crippen LogP contribution in [0, 0.1) is 13.8 Å². The minimum atomic E-state index is -0.827. The third kappa shape index (κ3) is 4.36. The number of imidazole rings is 1. The fraction of sp³-hybridized carbons (Fsp3) is 0.267. The zero-order chi connectivity index (χ0) is 16.1. The summed E-state index contributed by atoms with van der Waals surface area (Å²) in [7, 11) is 0. The second-order valence-corrected chi connectivity index (χ2v) is 6.00. The first-order chi connectivity index (χ1) is 10.5. The Morgan fingerprint density at radius 1 is 1.27 bits per heavy atom. The number of nitrogens with zero attached hydrogens (tertiary/aromatic N) is 2. The Kier molecular flexibility index (Phi) is 5.21. The Labute approximate surface area is 133 Å². The van der Waals surface area contributed by atoms with Gasteiger partial charge in [0, 0.05) is 30.3 Å². The number of urea groups is 1. The molecule has 0 saturated heterocycles. The number of aromatic nitrogens is 2. The summed E-state index contributed by atoms with van der Waals surface area (Å²) in [5.74, 6) is 0.130. The average molecular weight is 318 g/mol. The summed E-state index contributed by atoms with van der Waals surface area (Å²) in [4.78, 5) is 26.3. The maximum Gasteiger partial charge on any atom is 0.318 e. The number of hydrogen-bond acceptors (Lipinski definition) is 4. The summed E-state index contributed by atoms with van der Waals surface area (Å²) in [6, 6.07) is 5.45. The van der Waals surface area contributed by atoms with Crippen molar-refractivity contribution in [3.63, 3.8) is 0 Å². The maximum absolute atomic E-state index is 11.4. The van der Waals surface area contributed by atoms with Gasteiger partial charge in [-0.05, 0) is 37.1 Å². The molecule has 0 saturated carbocycles. The molecule has 0 radical (unpaired) electrons. The molecule has 0 bridgehead atoms. The molecule has 0 spiro atoms. The van der Waals surface area contributed by atoms with E-state index in [1.807, 2.05) is 16.1 Å². The van der Waals surface area contributed by atoms with Crippen molar-refractivity contribution < 1.29 is 9.59 Å². The van der Waals surface area contributed by atoms with Crippen molar-refractivity contribution in [3.05, 3.63) is 41.7 Å². The molecule has 116 valence electrons. The van der Waals surface area contributed by atoms with E-state index in [2.05, 4.69) is 37.0 Å². The summed E-state index contributed by atoms with van der Waals surface area (Å²) in [5.41, 5.74) is 8.30. The molecule has 2 aromatic rings. The molecule has 3 N–H and O–H groups in total. The van der Waals surface area contributed by atoms with Crippen LogP contribution in [-0.4, -0.2) is 27.2 Å². The lowest BCUT2D eigenvalue weighted by Crippen LogP contribution is -2.35. The minimum Gasteiger partial charge on any atom is -0.351 e. The standard InChI is InChI=1S/C15H18N4O2S/c1-10-7-11(2)9-12(8-10)19-5-4-17-15(19)22-6-3-13(20)18-14(16)21/h4-5,7-9H,3,6H2,1-2H3,(H3,16,18,20,21). The number of amides is 3. The van der Waals surface area contributed by atoms with Crippen molar-refractivity contribution in [3.8, 4) is 5.69 Å². The number of thioether (sulfide) groups is 1. The summed E-state index contributed by atoms with van der Waals surface area (Å²) < 4.78 is 1.98. The van der Waals surface area contributed by atoms with Gasteiger partial charge in [-0.25, -0.2) is 9.78 Å². The second-order valence-electron chi connectivity index (χ2n) is 4.94. The van der Waals surface area contributed by atoms with Gasteiger partial charge in [0.05, 0.1) is 0 Å². The lowest BCUT2D eigenvalue weighted by molar-refractivity contribution is -0.119. The zero-order valence-electron chi connectivity index (χ0n) is 12.5. The number of benzene rings is 1. The van der Waals surface area contributed by atoms with Crippen LogP contribution in [-0.2, 0) is 4.79 Å². The number of hydrogen-bond donors (Lipinski definition) is 2. The first kappa shape index (κ1) is 16.1. The predicted octanol–water partition coefficient (Wildman–Crippen LogP) is 2.17. The third-order valence-corrected chi connectivity index (χ3v) is 3.88. The van der Waals surface area contributed by atoms with Gasteiger partial charge < -0.3 is 5.73 Å². The number of primary amides is 1. The molecule has 2 rings (SSSR count). The number of nitrogens with two attached hydrogens (primary N) is 1. The maximum atomic E-state index is 11.4. The van der Waals surface area contributed by atoms with Gasteiger partial charge in [0.15, 0.2) is 5.16 Å². The molecule has 22 heavy (non-hydrogen) atoms. The van der Waals surface area contributed by atoms with Crippen LogP contribution in [0.5, 0.6) is 0 Å². The van der Waals surface area contributed by atoms with Crippen LogP contribution < -0.4 is 11.1 Å². The number of carbonyl (C=O) groups excluding carboxylic acids is 2. The highest BCUT2D eigenvalue weighted by Gasteiger charge is 2.09. The van der Waals surface area contributed by atoms with Crippen molar-refractivity contribution in [1.29, 1.82) is 0 Å². The topological polar surface area (TPSA) is 90.0 Å². The van der Waals surface area contributed by atoms with Gasteiger partial charge in [0.2, 0.25) is 5.91 Å². The van der Waals surface area contributed by atoms with Crippen LogP contribution in [0.4, 0.5) is 4.79 Å². The molecule has 0 fully saturated rings. The summed E-state index contributed by atoms with van der Waals surface area (Å²) in [5, 5.41) is 2.85. The van der Waals surface area contributed by atoms with Crippen molar-refractivity contribution in [2.75, 3.05) is 5.75 Å². The van der Waals surface area contributed by atoms with Gasteiger partial charge in [-0.1, -0.05) is 17.8 Å². The van der Waals surface area contributed by atoms with E-state index in [0.717, 1.165) is 10.8 Å². The molecule has 7 heteroatoms. The summed E-state index contributed by atoms with van der Waals surface area (Å²) >= 11 is 1.45. The molecule has 0 aliphatic rings. The van der Waals surface area contributed by atoms with Gasteiger partial charge in [-0.2, -0.15) is 0 Å². The monoisotopic (exact) mass is 318 g/mol. The highest BCUT2D eigenvalue weighted by molar-refractivity contribution is 7.99. The summed E-state index contributed by atoms with van der Waals surface area (Å²) in [6.07, 6.45) is 3.82. The van der Waals surface area contributed by atoms with Gasteiger partial charge >= 0.3 is 6.03 Å². The van der Waals surface area contributed by atoms with Gasteiger partial charge in [0.1, 0.15) is 0 Å². The molecule has 3 amide bonds. The van der Waals surface area contributed by atoms with E-state index in [4.69, 9.17) is 5.73 Å². The molecule has 0 unspecified atom stereocenters. The van der Waals surface area contributed by atoms with Crippen LogP contribution in [0.15, 0.2) is 35.7 Å². The average Bonchev–Trinajstić information content (AvgIpc) is 2.85. The molecule has 1 aromatic heterocycles. The van der Waals surface area contributed by atoms with E-state index in [9.17, 15) is 9.59 Å². The van der Waals surface area contributed by atoms with Crippen molar-refractivity contribution >= 4 is 23.7 Å². The van der Waals surface area contributed by atoms with Crippen LogP contribution in [0.3, 0.4) is 0 Å². The van der Waals surface area contributed by atoms with E-state index < -0.39 is 6.03 Å². The van der Waals surface area contributed by atoms with Crippen molar-refractivity contribution in [2.24, 2.45) is 5.73 Å². The number of aryl methyl sites for hydroxylation is 2. The molecule has 1 aromatic carbocycles. The van der Waals surface area contributed by atoms with Crippen LogP contribution in [0.1, 0.15) is 17.5 Å². The summed E-state index contributed by atoms with van der Waals surface area (Å²) in [6.45, 7) is 4.10. The van der Waals surface area contributed by atoms with Gasteiger partial charge in [0.25, 0.3) is 0 Å². The largest absolute Gasteiger partial charge is 0.351 e. The van der Waals surface area contributed by atoms with E-state index in [0.29, 0.717) is 5.75 Å². The van der Waals surface area contributed by atoms with Gasteiger partial charge in [-0.3, -0.25) is 14.7 Å². The van der Waals surface area contributed by atoms with Crippen molar-refractivity contribution in [2.45, 2.75) is 25.4 Å². The lowest BCUT2D eigenvalue weighted by atomic mass is 10.1. The van der Waals surface area contributed by atoms with Gasteiger partial charge in [-0.15, -0.1) is 0 Å². The zero-order valence-corrected chi connectivity index (χ0v) is 13.3. The first-order valence-corrected chi connectivity index (χ1v) is 7.78. The minimum absolute atomic E-state index is 0.202. The highest BCUT2D eigenvalue weighted by atomic mass is 32.2.